The van der Waals surface area contributed by atoms with Crippen LogP contribution in [0.15, 0.2) is 29.8 Å². The number of carbonyl (C=O) groups is 1. The number of nitrogens with one attached hydrogen (secondary N) is 1. The lowest BCUT2D eigenvalue weighted by atomic mass is 10.00. The van der Waals surface area contributed by atoms with Crippen LogP contribution in [0, 0.1) is 13.8 Å². The van der Waals surface area contributed by atoms with Gasteiger partial charge >= 0.3 is 0 Å². The summed E-state index contributed by atoms with van der Waals surface area (Å²) >= 11 is 0. The quantitative estimate of drug-likeness (QED) is 0.839. The molecule has 1 amide bonds. The molecule has 0 radical (unpaired) electrons. The average Bonchev–Trinajstić information content (AvgIpc) is 2.49. The predicted molar refractivity (Wildman–Crippen MR) is 85.6 cm³/mol. The van der Waals surface area contributed by atoms with Crippen molar-refractivity contribution >= 4 is 5.91 Å². The number of rotatable bonds is 5. The van der Waals surface area contributed by atoms with Crippen LogP contribution in [-0.4, -0.2) is 18.6 Å². The molecule has 114 valence electrons. The van der Waals surface area contributed by atoms with Gasteiger partial charge in [0.05, 0.1) is 0 Å². The summed E-state index contributed by atoms with van der Waals surface area (Å²) in [6, 6.07) is 6.04. The van der Waals surface area contributed by atoms with Crippen molar-refractivity contribution in [3.63, 3.8) is 0 Å². The van der Waals surface area contributed by atoms with Gasteiger partial charge in [0.25, 0.3) is 5.91 Å². The van der Waals surface area contributed by atoms with Crippen molar-refractivity contribution in [2.45, 2.75) is 52.6 Å². The van der Waals surface area contributed by atoms with Gasteiger partial charge < -0.3 is 10.1 Å². The van der Waals surface area contributed by atoms with Crippen molar-refractivity contribution in [2.24, 2.45) is 0 Å². The normalized spacial score (nSPS) is 16.0. The second-order valence-corrected chi connectivity index (χ2v) is 5.85. The van der Waals surface area contributed by atoms with Crippen molar-refractivity contribution in [1.82, 2.24) is 5.32 Å². The zero-order chi connectivity index (χ0) is 15.2. The summed E-state index contributed by atoms with van der Waals surface area (Å²) in [5, 5.41) is 2.97. The van der Waals surface area contributed by atoms with E-state index in [0.29, 0.717) is 6.54 Å². The molecule has 1 aliphatic carbocycles. The largest absolute Gasteiger partial charge is 0.481 e. The number of aryl methyl sites for hydroxylation is 2. The van der Waals surface area contributed by atoms with Crippen LogP contribution >= 0.6 is 0 Å². The minimum atomic E-state index is -0.477. The Labute approximate surface area is 127 Å². The molecule has 0 saturated carbocycles. The maximum atomic E-state index is 12.1. The predicted octanol–water partition coefficient (Wildman–Crippen LogP) is 3.69. The van der Waals surface area contributed by atoms with Crippen LogP contribution in [0.5, 0.6) is 5.75 Å². The molecule has 0 unspecified atom stereocenters. The highest BCUT2D eigenvalue weighted by Gasteiger charge is 2.16. The van der Waals surface area contributed by atoms with Gasteiger partial charge in [0.1, 0.15) is 5.75 Å². The van der Waals surface area contributed by atoms with Gasteiger partial charge in [-0.3, -0.25) is 4.79 Å². The Bertz CT molecular complexity index is 534. The van der Waals surface area contributed by atoms with E-state index in [1.54, 1.807) is 6.92 Å². The molecule has 1 aromatic rings. The number of ether oxygens (including phenoxy) is 1. The number of amides is 1. The fourth-order valence-corrected chi connectivity index (χ4v) is 2.49. The van der Waals surface area contributed by atoms with E-state index in [-0.39, 0.29) is 5.91 Å². The maximum Gasteiger partial charge on any atom is 0.261 e. The van der Waals surface area contributed by atoms with Crippen LogP contribution in [0.2, 0.25) is 0 Å². The van der Waals surface area contributed by atoms with Crippen LogP contribution in [0.3, 0.4) is 0 Å². The molecule has 21 heavy (non-hydrogen) atoms. The van der Waals surface area contributed by atoms with E-state index in [0.717, 1.165) is 29.7 Å². The van der Waals surface area contributed by atoms with Crippen LogP contribution in [0.25, 0.3) is 0 Å². The highest BCUT2D eigenvalue weighted by molar-refractivity contribution is 5.81. The molecule has 0 heterocycles. The van der Waals surface area contributed by atoms with Crippen LogP contribution < -0.4 is 10.1 Å². The van der Waals surface area contributed by atoms with Crippen LogP contribution in [0.4, 0.5) is 0 Å². The first-order valence-electron chi connectivity index (χ1n) is 7.76. The monoisotopic (exact) mass is 287 g/mol. The van der Waals surface area contributed by atoms with Gasteiger partial charge in [0.2, 0.25) is 0 Å². The lowest BCUT2D eigenvalue weighted by Gasteiger charge is -2.18. The van der Waals surface area contributed by atoms with Gasteiger partial charge in [-0.15, -0.1) is 0 Å². The molecular weight excluding hydrogens is 262 g/mol. The van der Waals surface area contributed by atoms with Crippen molar-refractivity contribution in [3.8, 4) is 5.75 Å². The molecule has 0 bridgehead atoms. The van der Waals surface area contributed by atoms with E-state index in [4.69, 9.17) is 4.74 Å². The number of carbonyl (C=O) groups excluding carboxylic acids is 1. The van der Waals surface area contributed by atoms with E-state index < -0.39 is 6.10 Å². The summed E-state index contributed by atoms with van der Waals surface area (Å²) in [5.74, 6) is 0.733. The molecule has 1 N–H and O–H groups in total. The lowest BCUT2D eigenvalue weighted by molar-refractivity contribution is -0.127. The zero-order valence-corrected chi connectivity index (χ0v) is 13.2. The van der Waals surface area contributed by atoms with Crippen molar-refractivity contribution in [1.29, 1.82) is 0 Å². The van der Waals surface area contributed by atoms with E-state index in [2.05, 4.69) is 11.4 Å². The molecule has 3 heteroatoms. The van der Waals surface area contributed by atoms with Crippen molar-refractivity contribution in [2.75, 3.05) is 6.54 Å². The molecule has 2 rings (SSSR count). The summed E-state index contributed by atoms with van der Waals surface area (Å²) in [5.41, 5.74) is 3.53. The molecule has 0 aliphatic heterocycles. The fourth-order valence-electron chi connectivity index (χ4n) is 2.49. The molecule has 0 saturated heterocycles. The standard InChI is InChI=1S/C18H25NO2/c1-13-9-10-14(2)17(11-13)21-15(3)18(20)19-12-16-7-5-4-6-8-16/h7,9-11,15H,4-6,8,12H2,1-3H3,(H,19,20)/t15-/m1/s1. The first-order chi connectivity index (χ1) is 10.1. The third-order valence-corrected chi connectivity index (χ3v) is 3.89. The van der Waals surface area contributed by atoms with Gasteiger partial charge in [-0.05, 0) is 63.6 Å². The summed E-state index contributed by atoms with van der Waals surface area (Å²) in [4.78, 5) is 12.1. The molecule has 3 nitrogen and oxygen atoms in total. The van der Waals surface area contributed by atoms with Crippen molar-refractivity contribution < 1.29 is 9.53 Å². The van der Waals surface area contributed by atoms with Gasteiger partial charge in [-0.1, -0.05) is 23.8 Å². The highest BCUT2D eigenvalue weighted by Crippen LogP contribution is 2.20. The Morgan fingerprint density at radius 3 is 2.86 bits per heavy atom. The average molecular weight is 287 g/mol. The van der Waals surface area contributed by atoms with E-state index in [1.807, 2.05) is 32.0 Å². The Balaban J connectivity index is 1.87. The van der Waals surface area contributed by atoms with Gasteiger partial charge in [-0.25, -0.2) is 0 Å². The van der Waals surface area contributed by atoms with Gasteiger partial charge in [0.15, 0.2) is 6.10 Å². The smallest absolute Gasteiger partial charge is 0.261 e. The fraction of sp³-hybridized carbons (Fsp3) is 0.500. The Morgan fingerprint density at radius 1 is 1.33 bits per heavy atom. The minimum Gasteiger partial charge on any atom is -0.481 e. The first-order valence-corrected chi connectivity index (χ1v) is 7.76. The van der Waals surface area contributed by atoms with Crippen LogP contribution in [0.1, 0.15) is 43.7 Å². The SMILES string of the molecule is Cc1ccc(C)c(O[C@H](C)C(=O)NCC2=CCCCC2)c1. The number of allylic oxidation sites excluding steroid dienone is 1. The van der Waals surface area contributed by atoms with E-state index in [1.165, 1.54) is 18.4 Å². The molecule has 0 spiro atoms. The molecular formula is C18H25NO2. The molecule has 0 aromatic heterocycles. The third-order valence-electron chi connectivity index (χ3n) is 3.89. The summed E-state index contributed by atoms with van der Waals surface area (Å²) in [6.07, 6.45) is 6.52. The van der Waals surface area contributed by atoms with Gasteiger partial charge in [-0.2, -0.15) is 0 Å². The Morgan fingerprint density at radius 2 is 2.14 bits per heavy atom. The maximum absolute atomic E-state index is 12.1. The second kappa shape index (κ2) is 7.30. The van der Waals surface area contributed by atoms with E-state index in [9.17, 15) is 4.79 Å². The summed E-state index contributed by atoms with van der Waals surface area (Å²) in [6.45, 7) is 6.46. The minimum absolute atomic E-state index is 0.0534. The topological polar surface area (TPSA) is 38.3 Å². The lowest BCUT2D eigenvalue weighted by Crippen LogP contribution is -2.37. The number of benzene rings is 1. The molecule has 1 aromatic carbocycles. The van der Waals surface area contributed by atoms with Gasteiger partial charge in [0, 0.05) is 6.54 Å². The zero-order valence-electron chi connectivity index (χ0n) is 13.2. The molecule has 1 atom stereocenters. The number of hydrogen-bond acceptors (Lipinski definition) is 2. The summed E-state index contributed by atoms with van der Waals surface area (Å²) < 4.78 is 5.80. The Hall–Kier alpha value is -1.77. The van der Waals surface area contributed by atoms with E-state index >= 15 is 0 Å². The van der Waals surface area contributed by atoms with Crippen molar-refractivity contribution in [3.05, 3.63) is 41.0 Å². The highest BCUT2D eigenvalue weighted by atomic mass is 16.5. The number of hydrogen-bond donors (Lipinski definition) is 1. The Kier molecular flexibility index (Phi) is 5.43. The molecule has 1 aliphatic rings. The summed E-state index contributed by atoms with van der Waals surface area (Å²) in [7, 11) is 0. The first kappa shape index (κ1) is 15.6. The third kappa shape index (κ3) is 4.62. The second-order valence-electron chi connectivity index (χ2n) is 5.85. The van der Waals surface area contributed by atoms with Crippen LogP contribution in [-0.2, 0) is 4.79 Å². The molecule has 0 fully saturated rings.